The molecule has 0 heterocycles. The summed E-state index contributed by atoms with van der Waals surface area (Å²) >= 11 is 0. The molecule has 0 aliphatic heterocycles. The number of rotatable bonds is 5. The Morgan fingerprint density at radius 1 is 1.14 bits per heavy atom. The number of nitrogens with one attached hydrogen (secondary N) is 1. The van der Waals surface area contributed by atoms with Crippen LogP contribution in [0, 0.1) is 5.92 Å². The first kappa shape index (κ1) is 15.5. The third-order valence-corrected chi connectivity index (χ3v) is 4.28. The monoisotopic (exact) mass is 289 g/mol. The van der Waals surface area contributed by atoms with Gasteiger partial charge in [0.25, 0.3) is 5.91 Å². The standard InChI is InChI=1S/C17H23NO3/c1-2-5-12-8-10-13(11-9-12)18-16(19)14-6-3-4-7-15(14)17(20)21/h3-4,6-7,12-13H,2,5,8-11H2,1H3,(H,18,19)(H,20,21). The lowest BCUT2D eigenvalue weighted by atomic mass is 9.83. The minimum atomic E-state index is -1.06. The number of carbonyl (C=O) groups is 2. The Morgan fingerprint density at radius 3 is 2.33 bits per heavy atom. The Balaban J connectivity index is 1.95. The molecule has 4 nitrogen and oxygen atoms in total. The number of carbonyl (C=O) groups excluding carboxylic acids is 1. The molecule has 1 aromatic carbocycles. The summed E-state index contributed by atoms with van der Waals surface area (Å²) in [6.45, 7) is 2.21. The average Bonchev–Trinajstić information content (AvgIpc) is 2.49. The third-order valence-electron chi connectivity index (χ3n) is 4.28. The van der Waals surface area contributed by atoms with Gasteiger partial charge in [-0.15, -0.1) is 0 Å². The summed E-state index contributed by atoms with van der Waals surface area (Å²) in [6, 6.07) is 6.54. The van der Waals surface area contributed by atoms with Crippen LogP contribution in [0.5, 0.6) is 0 Å². The van der Waals surface area contributed by atoms with Crippen molar-refractivity contribution in [2.45, 2.75) is 51.5 Å². The maximum atomic E-state index is 12.3. The SMILES string of the molecule is CCCC1CCC(NC(=O)c2ccccc2C(=O)O)CC1. The van der Waals surface area contributed by atoms with E-state index in [0.29, 0.717) is 0 Å². The second-order valence-corrected chi connectivity index (χ2v) is 5.83. The fraction of sp³-hybridized carbons (Fsp3) is 0.529. The van der Waals surface area contributed by atoms with Crippen LogP contribution in [0.3, 0.4) is 0 Å². The van der Waals surface area contributed by atoms with Crippen molar-refractivity contribution >= 4 is 11.9 Å². The molecule has 0 aromatic heterocycles. The summed E-state index contributed by atoms with van der Waals surface area (Å²) in [4.78, 5) is 23.4. The maximum absolute atomic E-state index is 12.3. The van der Waals surface area contributed by atoms with E-state index >= 15 is 0 Å². The molecule has 0 spiro atoms. The highest BCUT2D eigenvalue weighted by Gasteiger charge is 2.23. The zero-order chi connectivity index (χ0) is 15.2. The van der Waals surface area contributed by atoms with Crippen LogP contribution in [0.25, 0.3) is 0 Å². The van der Waals surface area contributed by atoms with E-state index in [1.54, 1.807) is 18.2 Å². The molecule has 1 fully saturated rings. The van der Waals surface area contributed by atoms with E-state index in [9.17, 15) is 9.59 Å². The number of hydrogen-bond acceptors (Lipinski definition) is 2. The van der Waals surface area contributed by atoms with Gasteiger partial charge < -0.3 is 10.4 Å². The van der Waals surface area contributed by atoms with Gasteiger partial charge in [0.15, 0.2) is 0 Å². The highest BCUT2D eigenvalue weighted by atomic mass is 16.4. The van der Waals surface area contributed by atoms with E-state index in [1.165, 1.54) is 18.9 Å². The summed E-state index contributed by atoms with van der Waals surface area (Å²) in [6.07, 6.45) is 6.77. The van der Waals surface area contributed by atoms with Crippen molar-refractivity contribution in [2.75, 3.05) is 0 Å². The number of carboxylic acid groups (broad SMARTS) is 1. The normalized spacial score (nSPS) is 21.8. The topological polar surface area (TPSA) is 66.4 Å². The zero-order valence-corrected chi connectivity index (χ0v) is 12.5. The minimum Gasteiger partial charge on any atom is -0.478 e. The fourth-order valence-corrected chi connectivity index (χ4v) is 3.13. The molecule has 2 rings (SSSR count). The van der Waals surface area contributed by atoms with Gasteiger partial charge in [-0.05, 0) is 43.7 Å². The fourth-order valence-electron chi connectivity index (χ4n) is 3.13. The Labute approximate surface area is 125 Å². The Morgan fingerprint density at radius 2 is 1.76 bits per heavy atom. The van der Waals surface area contributed by atoms with Crippen LogP contribution in [0.4, 0.5) is 0 Å². The van der Waals surface area contributed by atoms with Gasteiger partial charge in [0.1, 0.15) is 0 Å². The molecule has 0 atom stereocenters. The van der Waals surface area contributed by atoms with Crippen LogP contribution in [0.15, 0.2) is 24.3 Å². The molecule has 0 unspecified atom stereocenters. The van der Waals surface area contributed by atoms with E-state index in [1.807, 2.05) is 0 Å². The smallest absolute Gasteiger partial charge is 0.336 e. The summed E-state index contributed by atoms with van der Waals surface area (Å²) in [7, 11) is 0. The highest BCUT2D eigenvalue weighted by molar-refractivity contribution is 6.04. The molecule has 1 aliphatic carbocycles. The Bertz CT molecular complexity index is 505. The van der Waals surface area contributed by atoms with Crippen LogP contribution >= 0.6 is 0 Å². The average molecular weight is 289 g/mol. The molecule has 114 valence electrons. The number of hydrogen-bond donors (Lipinski definition) is 2. The van der Waals surface area contributed by atoms with E-state index in [4.69, 9.17) is 5.11 Å². The van der Waals surface area contributed by atoms with Gasteiger partial charge in [0, 0.05) is 6.04 Å². The molecule has 0 radical (unpaired) electrons. The molecule has 2 N–H and O–H groups in total. The van der Waals surface area contributed by atoms with Gasteiger partial charge in [0.05, 0.1) is 11.1 Å². The lowest BCUT2D eigenvalue weighted by Gasteiger charge is -2.29. The second kappa shape index (κ2) is 7.25. The van der Waals surface area contributed by atoms with E-state index in [-0.39, 0.29) is 23.1 Å². The van der Waals surface area contributed by atoms with Gasteiger partial charge >= 0.3 is 5.97 Å². The predicted octanol–water partition coefficient (Wildman–Crippen LogP) is 3.47. The van der Waals surface area contributed by atoms with Crippen LogP contribution in [0.2, 0.25) is 0 Å². The summed E-state index contributed by atoms with van der Waals surface area (Å²) < 4.78 is 0. The van der Waals surface area contributed by atoms with Crippen LogP contribution in [0.1, 0.15) is 66.2 Å². The molecule has 0 saturated heterocycles. The molecule has 1 amide bonds. The lowest BCUT2D eigenvalue weighted by molar-refractivity contribution is 0.0690. The maximum Gasteiger partial charge on any atom is 0.336 e. The molecule has 1 saturated carbocycles. The molecule has 1 aromatic rings. The van der Waals surface area contributed by atoms with Crippen molar-refractivity contribution < 1.29 is 14.7 Å². The second-order valence-electron chi connectivity index (χ2n) is 5.83. The predicted molar refractivity (Wildman–Crippen MR) is 81.5 cm³/mol. The van der Waals surface area contributed by atoms with E-state index in [0.717, 1.165) is 31.6 Å². The van der Waals surface area contributed by atoms with Crippen LogP contribution < -0.4 is 5.32 Å². The quantitative estimate of drug-likeness (QED) is 0.872. The third kappa shape index (κ3) is 4.06. The van der Waals surface area contributed by atoms with Crippen molar-refractivity contribution in [2.24, 2.45) is 5.92 Å². The molecule has 4 heteroatoms. The van der Waals surface area contributed by atoms with E-state index < -0.39 is 5.97 Å². The number of amides is 1. The molecular formula is C17H23NO3. The molecular weight excluding hydrogens is 266 g/mol. The first-order valence-corrected chi connectivity index (χ1v) is 7.75. The van der Waals surface area contributed by atoms with Crippen molar-refractivity contribution in [3.05, 3.63) is 35.4 Å². The van der Waals surface area contributed by atoms with Crippen molar-refractivity contribution in [3.8, 4) is 0 Å². The van der Waals surface area contributed by atoms with Crippen LogP contribution in [-0.4, -0.2) is 23.0 Å². The number of benzene rings is 1. The van der Waals surface area contributed by atoms with Gasteiger partial charge in [-0.25, -0.2) is 4.79 Å². The largest absolute Gasteiger partial charge is 0.478 e. The molecule has 1 aliphatic rings. The van der Waals surface area contributed by atoms with Crippen molar-refractivity contribution in [1.82, 2.24) is 5.32 Å². The van der Waals surface area contributed by atoms with Gasteiger partial charge in [-0.1, -0.05) is 31.9 Å². The Kier molecular flexibility index (Phi) is 5.37. The Hall–Kier alpha value is -1.84. The zero-order valence-electron chi connectivity index (χ0n) is 12.5. The summed E-state index contributed by atoms with van der Waals surface area (Å²) in [5.74, 6) is -0.547. The first-order chi connectivity index (χ1) is 10.1. The molecule has 0 bridgehead atoms. The minimum absolute atomic E-state index is 0.0645. The van der Waals surface area contributed by atoms with Gasteiger partial charge in [-0.3, -0.25) is 4.79 Å². The number of aromatic carboxylic acids is 1. The van der Waals surface area contributed by atoms with Gasteiger partial charge in [-0.2, -0.15) is 0 Å². The van der Waals surface area contributed by atoms with Crippen molar-refractivity contribution in [3.63, 3.8) is 0 Å². The molecule has 21 heavy (non-hydrogen) atoms. The van der Waals surface area contributed by atoms with Crippen molar-refractivity contribution in [1.29, 1.82) is 0 Å². The summed E-state index contributed by atoms with van der Waals surface area (Å²) in [5.41, 5.74) is 0.315. The lowest BCUT2D eigenvalue weighted by Crippen LogP contribution is -2.38. The van der Waals surface area contributed by atoms with Gasteiger partial charge in [0.2, 0.25) is 0 Å². The summed E-state index contributed by atoms with van der Waals surface area (Å²) in [5, 5.41) is 12.1. The first-order valence-electron chi connectivity index (χ1n) is 7.75. The van der Waals surface area contributed by atoms with Crippen LogP contribution in [-0.2, 0) is 0 Å². The highest BCUT2D eigenvalue weighted by Crippen LogP contribution is 2.27. The number of carboxylic acids is 1. The van der Waals surface area contributed by atoms with E-state index in [2.05, 4.69) is 12.2 Å².